The number of aromatic hydroxyl groups is 1. The molecule has 2 aliphatic rings. The lowest BCUT2D eigenvalue weighted by molar-refractivity contribution is -0.132. The van der Waals surface area contributed by atoms with Crippen LogP contribution in [0.3, 0.4) is 0 Å². The molecule has 0 spiro atoms. The Labute approximate surface area is 204 Å². The standard InChI is InChI=1S/C29H28N2O4/c1-2-19-5-7-21(8-6-19)27(33)25-26(20-9-15-24(32)16-10-20)31(29(35)28(25)34)23-13-11-22(12-14-23)30-17-3-4-18-30/h5-16,26,32-33H,2-4,17-18H2,1H3/b27-25+. The van der Waals surface area contributed by atoms with Crippen molar-refractivity contribution >= 4 is 28.8 Å². The Morgan fingerprint density at radius 1 is 0.857 bits per heavy atom. The number of amides is 1. The summed E-state index contributed by atoms with van der Waals surface area (Å²) in [6, 6.07) is 20.5. The largest absolute Gasteiger partial charge is 0.508 e. The minimum absolute atomic E-state index is 0.0357. The summed E-state index contributed by atoms with van der Waals surface area (Å²) in [5.41, 5.74) is 3.91. The molecule has 178 valence electrons. The van der Waals surface area contributed by atoms with Crippen LogP contribution in [0.1, 0.15) is 42.5 Å². The maximum Gasteiger partial charge on any atom is 0.300 e. The third kappa shape index (κ3) is 4.16. The average Bonchev–Trinajstić information content (AvgIpc) is 3.52. The van der Waals surface area contributed by atoms with E-state index < -0.39 is 17.7 Å². The summed E-state index contributed by atoms with van der Waals surface area (Å²) < 4.78 is 0. The first-order chi connectivity index (χ1) is 17.0. The van der Waals surface area contributed by atoms with E-state index in [0.717, 1.165) is 43.6 Å². The van der Waals surface area contributed by atoms with Crippen LogP contribution in [0, 0.1) is 0 Å². The minimum Gasteiger partial charge on any atom is -0.508 e. The van der Waals surface area contributed by atoms with E-state index in [9.17, 15) is 19.8 Å². The molecule has 6 nitrogen and oxygen atoms in total. The van der Waals surface area contributed by atoms with E-state index in [1.54, 1.807) is 24.3 Å². The van der Waals surface area contributed by atoms with Crippen molar-refractivity contribution in [1.82, 2.24) is 0 Å². The van der Waals surface area contributed by atoms with Gasteiger partial charge < -0.3 is 15.1 Å². The molecule has 3 aromatic carbocycles. The van der Waals surface area contributed by atoms with Gasteiger partial charge in [0.05, 0.1) is 11.6 Å². The summed E-state index contributed by atoms with van der Waals surface area (Å²) in [6.45, 7) is 4.06. The Morgan fingerprint density at radius 2 is 1.46 bits per heavy atom. The Kier molecular flexibility index (Phi) is 6.03. The van der Waals surface area contributed by atoms with Crippen LogP contribution in [0.4, 0.5) is 11.4 Å². The zero-order valence-electron chi connectivity index (χ0n) is 19.6. The van der Waals surface area contributed by atoms with Crippen LogP contribution < -0.4 is 9.80 Å². The first-order valence-electron chi connectivity index (χ1n) is 12.0. The molecule has 5 rings (SSSR count). The fourth-order valence-electron chi connectivity index (χ4n) is 4.92. The number of ketones is 1. The quantitative estimate of drug-likeness (QED) is 0.306. The van der Waals surface area contributed by atoms with Crippen LogP contribution in [-0.4, -0.2) is 35.0 Å². The predicted molar refractivity (Wildman–Crippen MR) is 137 cm³/mol. The second kappa shape index (κ2) is 9.29. The molecule has 1 amide bonds. The van der Waals surface area contributed by atoms with Crippen molar-refractivity contribution in [3.05, 3.63) is 95.1 Å². The molecule has 1 atom stereocenters. The molecule has 2 fully saturated rings. The third-order valence-electron chi connectivity index (χ3n) is 6.89. The number of carbonyl (C=O) groups is 2. The van der Waals surface area contributed by atoms with Crippen LogP contribution >= 0.6 is 0 Å². The van der Waals surface area contributed by atoms with Crippen LogP contribution in [0.15, 0.2) is 78.4 Å². The predicted octanol–water partition coefficient (Wildman–Crippen LogP) is 5.18. The van der Waals surface area contributed by atoms with E-state index >= 15 is 0 Å². The van der Waals surface area contributed by atoms with Crippen LogP contribution in [-0.2, 0) is 16.0 Å². The molecule has 0 radical (unpaired) electrons. The van der Waals surface area contributed by atoms with Crippen LogP contribution in [0.5, 0.6) is 5.75 Å². The van der Waals surface area contributed by atoms with E-state index in [0.29, 0.717) is 16.8 Å². The molecule has 0 saturated carbocycles. The lowest BCUT2D eigenvalue weighted by Crippen LogP contribution is -2.29. The van der Waals surface area contributed by atoms with Gasteiger partial charge >= 0.3 is 0 Å². The van der Waals surface area contributed by atoms with Crippen LogP contribution in [0.2, 0.25) is 0 Å². The van der Waals surface area contributed by atoms with Crippen molar-refractivity contribution in [2.75, 3.05) is 22.9 Å². The van der Waals surface area contributed by atoms with Gasteiger partial charge in [0.1, 0.15) is 11.5 Å². The number of hydrogen-bond donors (Lipinski definition) is 2. The summed E-state index contributed by atoms with van der Waals surface area (Å²) in [4.78, 5) is 30.3. The number of nitrogens with zero attached hydrogens (tertiary/aromatic N) is 2. The van der Waals surface area contributed by atoms with Gasteiger partial charge in [-0.1, -0.05) is 43.3 Å². The van der Waals surface area contributed by atoms with E-state index in [1.165, 1.54) is 17.0 Å². The molecule has 2 saturated heterocycles. The highest BCUT2D eigenvalue weighted by molar-refractivity contribution is 6.51. The summed E-state index contributed by atoms with van der Waals surface area (Å²) in [6.07, 6.45) is 3.18. The third-order valence-corrected chi connectivity index (χ3v) is 6.89. The first-order valence-corrected chi connectivity index (χ1v) is 12.0. The van der Waals surface area contributed by atoms with Crippen molar-refractivity contribution in [2.45, 2.75) is 32.2 Å². The molecule has 2 heterocycles. The zero-order chi connectivity index (χ0) is 24.5. The van der Waals surface area contributed by atoms with E-state index in [4.69, 9.17) is 0 Å². The summed E-state index contributed by atoms with van der Waals surface area (Å²) in [7, 11) is 0. The van der Waals surface area contributed by atoms with E-state index in [-0.39, 0.29) is 17.1 Å². The SMILES string of the molecule is CCc1ccc(/C(O)=C2\C(=O)C(=O)N(c3ccc(N4CCCC4)cc3)C2c2ccc(O)cc2)cc1. The van der Waals surface area contributed by atoms with Gasteiger partial charge in [-0.15, -0.1) is 0 Å². The average molecular weight is 469 g/mol. The van der Waals surface area contributed by atoms with Crippen molar-refractivity contribution < 1.29 is 19.8 Å². The number of rotatable bonds is 5. The number of aryl methyl sites for hydroxylation is 1. The number of benzene rings is 3. The highest BCUT2D eigenvalue weighted by Gasteiger charge is 2.47. The number of phenols is 1. The molecule has 1 unspecified atom stereocenters. The number of hydrogen-bond acceptors (Lipinski definition) is 5. The van der Waals surface area contributed by atoms with Gasteiger partial charge in [-0.2, -0.15) is 0 Å². The number of aliphatic hydroxyl groups is 1. The zero-order valence-corrected chi connectivity index (χ0v) is 19.6. The fraction of sp³-hybridized carbons (Fsp3) is 0.241. The van der Waals surface area contributed by atoms with E-state index in [1.807, 2.05) is 43.3 Å². The van der Waals surface area contributed by atoms with Crippen molar-refractivity contribution in [2.24, 2.45) is 0 Å². The highest BCUT2D eigenvalue weighted by Crippen LogP contribution is 2.42. The number of anilines is 2. The van der Waals surface area contributed by atoms with Crippen LogP contribution in [0.25, 0.3) is 5.76 Å². The Hall–Kier alpha value is -4.06. The summed E-state index contributed by atoms with van der Waals surface area (Å²) in [5.74, 6) is -1.55. The van der Waals surface area contributed by atoms with Gasteiger partial charge in [0, 0.05) is 30.0 Å². The maximum absolute atomic E-state index is 13.3. The number of carbonyl (C=O) groups excluding carboxylic acids is 2. The van der Waals surface area contributed by atoms with Gasteiger partial charge in [0.25, 0.3) is 11.7 Å². The Balaban J connectivity index is 1.61. The fourth-order valence-corrected chi connectivity index (χ4v) is 4.92. The van der Waals surface area contributed by atoms with Crippen molar-refractivity contribution in [3.63, 3.8) is 0 Å². The molecular formula is C29H28N2O4. The molecule has 6 heteroatoms. The van der Waals surface area contributed by atoms with E-state index in [2.05, 4.69) is 4.90 Å². The second-order valence-electron chi connectivity index (χ2n) is 9.02. The summed E-state index contributed by atoms with van der Waals surface area (Å²) in [5, 5.41) is 21.0. The summed E-state index contributed by atoms with van der Waals surface area (Å²) >= 11 is 0. The molecule has 0 aromatic heterocycles. The monoisotopic (exact) mass is 468 g/mol. The van der Waals surface area contributed by atoms with Gasteiger partial charge in [-0.3, -0.25) is 14.5 Å². The number of Topliss-reactive ketones (excluding diaryl/α,β-unsaturated/α-hetero) is 1. The Bertz CT molecular complexity index is 1270. The van der Waals surface area contributed by atoms with Gasteiger partial charge in [0.2, 0.25) is 0 Å². The van der Waals surface area contributed by atoms with Gasteiger partial charge in [-0.25, -0.2) is 0 Å². The lowest BCUT2D eigenvalue weighted by atomic mass is 9.94. The van der Waals surface area contributed by atoms with Crippen molar-refractivity contribution in [1.29, 1.82) is 0 Å². The normalized spacial score (nSPS) is 19.5. The minimum atomic E-state index is -0.820. The topological polar surface area (TPSA) is 81.1 Å². The Morgan fingerprint density at radius 3 is 2.06 bits per heavy atom. The molecular weight excluding hydrogens is 440 g/mol. The number of aliphatic hydroxyl groups excluding tert-OH is 1. The number of phenolic OH excluding ortho intramolecular Hbond substituents is 1. The van der Waals surface area contributed by atoms with Crippen molar-refractivity contribution in [3.8, 4) is 5.75 Å². The lowest BCUT2D eigenvalue weighted by Gasteiger charge is -2.26. The molecule has 0 aliphatic carbocycles. The molecule has 0 bridgehead atoms. The second-order valence-corrected chi connectivity index (χ2v) is 9.02. The molecule has 2 aliphatic heterocycles. The van der Waals surface area contributed by atoms with Gasteiger partial charge in [0.15, 0.2) is 0 Å². The molecule has 2 N–H and O–H groups in total. The molecule has 3 aromatic rings. The smallest absolute Gasteiger partial charge is 0.300 e. The first kappa shape index (κ1) is 22.7. The maximum atomic E-state index is 13.3. The molecule has 35 heavy (non-hydrogen) atoms. The highest BCUT2D eigenvalue weighted by atomic mass is 16.3. The van der Waals surface area contributed by atoms with Gasteiger partial charge in [-0.05, 0) is 66.8 Å².